The van der Waals surface area contributed by atoms with Crippen LogP contribution in [0.25, 0.3) is 11.3 Å². The van der Waals surface area contributed by atoms with Crippen molar-refractivity contribution < 1.29 is 14.7 Å². The summed E-state index contributed by atoms with van der Waals surface area (Å²) in [6, 6.07) is 1.97. The minimum Gasteiger partial charge on any atom is -0.481 e. The smallest absolute Gasteiger partial charge is 0.306 e. The number of carboxylic acid groups (broad SMARTS) is 1. The first-order valence-corrected chi connectivity index (χ1v) is 8.19. The number of aromatic nitrogens is 2. The van der Waals surface area contributed by atoms with Gasteiger partial charge in [0, 0.05) is 17.0 Å². The molecule has 0 radical (unpaired) electrons. The number of aromatic amines is 1. The molecular formula is C15H17N3O3S. The van der Waals surface area contributed by atoms with Crippen molar-refractivity contribution in [3.63, 3.8) is 0 Å². The van der Waals surface area contributed by atoms with Gasteiger partial charge in [0.15, 0.2) is 0 Å². The van der Waals surface area contributed by atoms with Crippen molar-refractivity contribution in [3.05, 3.63) is 28.6 Å². The lowest BCUT2D eigenvalue weighted by Gasteiger charge is -2.26. The van der Waals surface area contributed by atoms with Crippen molar-refractivity contribution in [2.45, 2.75) is 31.7 Å². The number of nitrogens with zero attached hydrogens (tertiary/aromatic N) is 1. The molecule has 3 rings (SSSR count). The second kappa shape index (κ2) is 6.31. The summed E-state index contributed by atoms with van der Waals surface area (Å²) in [5.41, 5.74) is 2.19. The monoisotopic (exact) mass is 319 g/mol. The Morgan fingerprint density at radius 1 is 1.32 bits per heavy atom. The number of thiophene rings is 1. The Balaban J connectivity index is 1.64. The summed E-state index contributed by atoms with van der Waals surface area (Å²) in [7, 11) is 0. The average molecular weight is 319 g/mol. The molecule has 1 amide bonds. The van der Waals surface area contributed by atoms with E-state index in [1.54, 1.807) is 11.3 Å². The normalized spacial score (nSPS) is 21.5. The number of hydrogen-bond acceptors (Lipinski definition) is 4. The third kappa shape index (κ3) is 3.04. The van der Waals surface area contributed by atoms with Crippen molar-refractivity contribution >= 4 is 23.2 Å². The number of H-pyrrole nitrogens is 1. The topological polar surface area (TPSA) is 95.1 Å². The van der Waals surface area contributed by atoms with Crippen molar-refractivity contribution in [2.24, 2.45) is 5.92 Å². The van der Waals surface area contributed by atoms with E-state index in [1.807, 2.05) is 16.8 Å². The predicted molar refractivity (Wildman–Crippen MR) is 82.7 cm³/mol. The molecule has 0 aromatic carbocycles. The Morgan fingerprint density at radius 3 is 2.73 bits per heavy atom. The highest BCUT2D eigenvalue weighted by molar-refractivity contribution is 7.08. The van der Waals surface area contributed by atoms with E-state index in [9.17, 15) is 9.59 Å². The van der Waals surface area contributed by atoms with Crippen molar-refractivity contribution in [3.8, 4) is 11.3 Å². The first-order valence-electron chi connectivity index (χ1n) is 7.24. The zero-order valence-corrected chi connectivity index (χ0v) is 12.7. The fraction of sp³-hybridized carbons (Fsp3) is 0.400. The van der Waals surface area contributed by atoms with E-state index in [-0.39, 0.29) is 17.9 Å². The standard InChI is InChI=1S/C15H17N3O3S/c19-14(17-11-3-1-9(2-4-11)15(20)21)12-7-16-18-13(12)10-5-6-22-8-10/h5-9,11H,1-4H2,(H,16,18)(H,17,19)(H,20,21). The molecular weight excluding hydrogens is 302 g/mol. The summed E-state index contributed by atoms with van der Waals surface area (Å²) < 4.78 is 0. The van der Waals surface area contributed by atoms with Gasteiger partial charge in [-0.05, 0) is 37.1 Å². The Morgan fingerprint density at radius 2 is 2.09 bits per heavy atom. The molecule has 1 aliphatic rings. The van der Waals surface area contributed by atoms with E-state index in [2.05, 4.69) is 15.5 Å². The molecule has 1 fully saturated rings. The lowest BCUT2D eigenvalue weighted by molar-refractivity contribution is -0.142. The van der Waals surface area contributed by atoms with E-state index in [0.717, 1.165) is 11.3 Å². The summed E-state index contributed by atoms with van der Waals surface area (Å²) in [5, 5.41) is 22.7. The molecule has 0 spiro atoms. The largest absolute Gasteiger partial charge is 0.481 e. The molecule has 0 aliphatic heterocycles. The lowest BCUT2D eigenvalue weighted by atomic mass is 9.86. The molecule has 2 heterocycles. The quantitative estimate of drug-likeness (QED) is 0.807. The highest BCUT2D eigenvalue weighted by Gasteiger charge is 2.27. The van der Waals surface area contributed by atoms with E-state index in [1.165, 1.54) is 6.20 Å². The summed E-state index contributed by atoms with van der Waals surface area (Å²) in [5.74, 6) is -1.17. The zero-order valence-electron chi connectivity index (χ0n) is 11.9. The van der Waals surface area contributed by atoms with Gasteiger partial charge in [-0.3, -0.25) is 14.7 Å². The van der Waals surface area contributed by atoms with E-state index in [4.69, 9.17) is 5.11 Å². The van der Waals surface area contributed by atoms with Crippen LogP contribution in [0, 0.1) is 5.92 Å². The van der Waals surface area contributed by atoms with Crippen LogP contribution < -0.4 is 5.32 Å². The van der Waals surface area contributed by atoms with Crippen LogP contribution in [-0.2, 0) is 4.79 Å². The first kappa shape index (κ1) is 14.8. The fourth-order valence-electron chi connectivity index (χ4n) is 2.83. The highest BCUT2D eigenvalue weighted by Crippen LogP contribution is 2.26. The van der Waals surface area contributed by atoms with E-state index >= 15 is 0 Å². The average Bonchev–Trinajstić information content (AvgIpc) is 3.18. The lowest BCUT2D eigenvalue weighted by Crippen LogP contribution is -2.38. The number of amides is 1. The fourth-order valence-corrected chi connectivity index (χ4v) is 3.48. The van der Waals surface area contributed by atoms with Crippen LogP contribution in [0.1, 0.15) is 36.0 Å². The molecule has 7 heteroatoms. The van der Waals surface area contributed by atoms with Crippen LogP contribution in [0.4, 0.5) is 0 Å². The van der Waals surface area contributed by atoms with Crippen molar-refractivity contribution in [1.29, 1.82) is 0 Å². The van der Waals surface area contributed by atoms with Crippen LogP contribution >= 0.6 is 11.3 Å². The molecule has 0 unspecified atom stereocenters. The SMILES string of the molecule is O=C(NC1CCC(C(=O)O)CC1)c1cn[nH]c1-c1ccsc1. The molecule has 6 nitrogen and oxygen atoms in total. The highest BCUT2D eigenvalue weighted by atomic mass is 32.1. The van der Waals surface area contributed by atoms with Gasteiger partial charge in [0.1, 0.15) is 0 Å². The van der Waals surface area contributed by atoms with Gasteiger partial charge in [-0.1, -0.05) is 0 Å². The molecule has 22 heavy (non-hydrogen) atoms. The maximum Gasteiger partial charge on any atom is 0.306 e. The number of carbonyl (C=O) groups excluding carboxylic acids is 1. The number of aliphatic carboxylic acids is 1. The second-order valence-electron chi connectivity index (χ2n) is 5.53. The van der Waals surface area contributed by atoms with Gasteiger partial charge < -0.3 is 10.4 Å². The molecule has 2 aromatic rings. The number of nitrogens with one attached hydrogen (secondary N) is 2. The van der Waals surface area contributed by atoms with Gasteiger partial charge in [0.25, 0.3) is 5.91 Å². The Hall–Kier alpha value is -2.15. The molecule has 1 saturated carbocycles. The molecule has 1 aliphatic carbocycles. The molecule has 2 aromatic heterocycles. The maximum atomic E-state index is 12.4. The summed E-state index contributed by atoms with van der Waals surface area (Å²) in [6.45, 7) is 0. The summed E-state index contributed by atoms with van der Waals surface area (Å²) >= 11 is 1.56. The van der Waals surface area contributed by atoms with Crippen LogP contribution in [0.2, 0.25) is 0 Å². The molecule has 0 saturated heterocycles. The van der Waals surface area contributed by atoms with Gasteiger partial charge in [0.05, 0.1) is 23.4 Å². The minimum absolute atomic E-state index is 0.0355. The number of hydrogen-bond donors (Lipinski definition) is 3. The number of rotatable bonds is 4. The van der Waals surface area contributed by atoms with Gasteiger partial charge in [-0.25, -0.2) is 0 Å². The van der Waals surface area contributed by atoms with Crippen LogP contribution in [-0.4, -0.2) is 33.2 Å². The Kier molecular flexibility index (Phi) is 4.24. The van der Waals surface area contributed by atoms with Gasteiger partial charge >= 0.3 is 5.97 Å². The van der Waals surface area contributed by atoms with Gasteiger partial charge in [0.2, 0.25) is 0 Å². The summed E-state index contributed by atoms with van der Waals surface area (Å²) in [4.78, 5) is 23.4. The Labute approximate surface area is 131 Å². The minimum atomic E-state index is -0.737. The molecule has 0 atom stereocenters. The zero-order chi connectivity index (χ0) is 15.5. The molecule has 0 bridgehead atoms. The maximum absolute atomic E-state index is 12.4. The van der Waals surface area contributed by atoms with Gasteiger partial charge in [-0.2, -0.15) is 16.4 Å². The Bertz CT molecular complexity index is 657. The molecule has 3 N–H and O–H groups in total. The van der Waals surface area contributed by atoms with Crippen molar-refractivity contribution in [1.82, 2.24) is 15.5 Å². The third-order valence-electron chi connectivity index (χ3n) is 4.11. The van der Waals surface area contributed by atoms with E-state index in [0.29, 0.717) is 31.2 Å². The van der Waals surface area contributed by atoms with Crippen molar-refractivity contribution in [2.75, 3.05) is 0 Å². The van der Waals surface area contributed by atoms with E-state index < -0.39 is 5.97 Å². The summed E-state index contributed by atoms with van der Waals surface area (Å²) in [6.07, 6.45) is 4.17. The predicted octanol–water partition coefficient (Wildman–Crippen LogP) is 2.51. The third-order valence-corrected chi connectivity index (χ3v) is 4.79. The second-order valence-corrected chi connectivity index (χ2v) is 6.31. The first-order chi connectivity index (χ1) is 10.6. The molecule has 116 valence electrons. The van der Waals surface area contributed by atoms with Crippen LogP contribution in [0.15, 0.2) is 23.0 Å². The van der Waals surface area contributed by atoms with Crippen LogP contribution in [0.3, 0.4) is 0 Å². The van der Waals surface area contributed by atoms with Crippen LogP contribution in [0.5, 0.6) is 0 Å². The van der Waals surface area contributed by atoms with Gasteiger partial charge in [-0.15, -0.1) is 0 Å². The number of carbonyl (C=O) groups is 2. The number of carboxylic acids is 1.